The van der Waals surface area contributed by atoms with Gasteiger partial charge < -0.3 is 9.15 Å². The largest absolute Gasteiger partial charge is 0.462 e. The standard InChI is InChI=1S/C18H15N3O4S2/c1-3-24-18(23)13-10(2)25-15-14(13)17(22)21(9-19-15)7-11-8-27-16(20-11)12-5-4-6-26-12/h4-6,8-9H,3,7H2,1-2H3. The van der Waals surface area contributed by atoms with E-state index in [1.54, 1.807) is 25.2 Å². The van der Waals surface area contributed by atoms with E-state index in [-0.39, 0.29) is 35.4 Å². The molecule has 0 aliphatic rings. The summed E-state index contributed by atoms with van der Waals surface area (Å²) >= 11 is 3.14. The number of esters is 1. The lowest BCUT2D eigenvalue weighted by atomic mass is 10.2. The van der Waals surface area contributed by atoms with Gasteiger partial charge in [-0.3, -0.25) is 9.36 Å². The molecule has 0 aliphatic carbocycles. The van der Waals surface area contributed by atoms with Crippen LogP contribution >= 0.6 is 22.7 Å². The maximum Gasteiger partial charge on any atom is 0.342 e. The van der Waals surface area contributed by atoms with Gasteiger partial charge in [-0.05, 0) is 25.3 Å². The monoisotopic (exact) mass is 401 g/mol. The number of rotatable bonds is 5. The quantitative estimate of drug-likeness (QED) is 0.474. The van der Waals surface area contributed by atoms with Gasteiger partial charge >= 0.3 is 5.97 Å². The first kappa shape index (κ1) is 17.6. The van der Waals surface area contributed by atoms with Crippen LogP contribution in [-0.4, -0.2) is 27.1 Å². The highest BCUT2D eigenvalue weighted by Gasteiger charge is 2.24. The third-order valence-electron chi connectivity index (χ3n) is 3.95. The van der Waals surface area contributed by atoms with Crippen LogP contribution in [0, 0.1) is 6.92 Å². The van der Waals surface area contributed by atoms with Crippen molar-refractivity contribution in [3.63, 3.8) is 0 Å². The molecule has 9 heteroatoms. The smallest absolute Gasteiger partial charge is 0.342 e. The normalized spacial score (nSPS) is 11.2. The summed E-state index contributed by atoms with van der Waals surface area (Å²) in [6.07, 6.45) is 1.41. The Balaban J connectivity index is 1.73. The van der Waals surface area contributed by atoms with Crippen molar-refractivity contribution in [3.05, 3.63) is 56.6 Å². The maximum atomic E-state index is 12.9. The molecule has 0 N–H and O–H groups in total. The van der Waals surface area contributed by atoms with Crippen molar-refractivity contribution in [2.45, 2.75) is 20.4 Å². The highest BCUT2D eigenvalue weighted by atomic mass is 32.1. The second kappa shape index (κ2) is 7.09. The Hall–Kier alpha value is -2.78. The number of aryl methyl sites for hydroxylation is 1. The molecule has 0 saturated carbocycles. The van der Waals surface area contributed by atoms with Gasteiger partial charge in [0.1, 0.15) is 28.0 Å². The van der Waals surface area contributed by atoms with E-state index in [4.69, 9.17) is 9.15 Å². The van der Waals surface area contributed by atoms with Crippen molar-refractivity contribution in [2.24, 2.45) is 0 Å². The molecule has 4 aromatic heterocycles. The topological polar surface area (TPSA) is 87.2 Å². The van der Waals surface area contributed by atoms with Crippen LogP contribution in [0.25, 0.3) is 21.0 Å². The third kappa shape index (κ3) is 3.19. The summed E-state index contributed by atoms with van der Waals surface area (Å²) in [5, 5.41) is 4.96. The second-order valence-corrected chi connectivity index (χ2v) is 7.54. The summed E-state index contributed by atoms with van der Waals surface area (Å²) in [4.78, 5) is 35.0. The minimum absolute atomic E-state index is 0.134. The Morgan fingerprint density at radius 2 is 2.22 bits per heavy atom. The van der Waals surface area contributed by atoms with Gasteiger partial charge in [-0.2, -0.15) is 0 Å². The number of aromatic nitrogens is 3. The molecule has 0 atom stereocenters. The zero-order valence-electron chi connectivity index (χ0n) is 14.6. The fraction of sp³-hybridized carbons (Fsp3) is 0.222. The molecular weight excluding hydrogens is 386 g/mol. The molecule has 0 spiro atoms. The van der Waals surface area contributed by atoms with E-state index >= 15 is 0 Å². The first-order valence-electron chi connectivity index (χ1n) is 8.22. The van der Waals surface area contributed by atoms with E-state index in [1.165, 1.54) is 22.2 Å². The van der Waals surface area contributed by atoms with Crippen molar-refractivity contribution in [3.8, 4) is 9.88 Å². The number of hydrogen-bond donors (Lipinski definition) is 0. The highest BCUT2D eigenvalue weighted by molar-refractivity contribution is 7.20. The van der Waals surface area contributed by atoms with Crippen LogP contribution in [0.4, 0.5) is 0 Å². The van der Waals surface area contributed by atoms with E-state index in [0.29, 0.717) is 5.76 Å². The van der Waals surface area contributed by atoms with Crippen LogP contribution in [0.2, 0.25) is 0 Å². The molecule has 0 amide bonds. The average Bonchev–Trinajstić information content (AvgIpc) is 3.36. The third-order valence-corrected chi connectivity index (χ3v) is 5.88. The molecule has 0 fully saturated rings. The van der Waals surface area contributed by atoms with Gasteiger partial charge in [-0.25, -0.2) is 14.8 Å². The van der Waals surface area contributed by atoms with E-state index < -0.39 is 5.97 Å². The molecule has 4 heterocycles. The maximum absolute atomic E-state index is 12.9. The van der Waals surface area contributed by atoms with Crippen LogP contribution < -0.4 is 5.56 Å². The van der Waals surface area contributed by atoms with E-state index in [2.05, 4.69) is 9.97 Å². The van der Waals surface area contributed by atoms with E-state index in [1.807, 2.05) is 22.9 Å². The van der Waals surface area contributed by atoms with Crippen molar-refractivity contribution >= 4 is 39.7 Å². The van der Waals surface area contributed by atoms with Gasteiger partial charge in [-0.15, -0.1) is 22.7 Å². The van der Waals surface area contributed by atoms with E-state index in [9.17, 15) is 9.59 Å². The minimum Gasteiger partial charge on any atom is -0.462 e. The number of carbonyl (C=O) groups is 1. The number of carbonyl (C=O) groups excluding carboxylic acids is 1. The van der Waals surface area contributed by atoms with Gasteiger partial charge in [0.25, 0.3) is 5.56 Å². The summed E-state index contributed by atoms with van der Waals surface area (Å²) in [6, 6.07) is 3.98. The first-order valence-corrected chi connectivity index (χ1v) is 9.98. The molecule has 7 nitrogen and oxygen atoms in total. The van der Waals surface area contributed by atoms with Crippen molar-refractivity contribution in [1.29, 1.82) is 0 Å². The predicted molar refractivity (Wildman–Crippen MR) is 103 cm³/mol. The summed E-state index contributed by atoms with van der Waals surface area (Å²) in [5.74, 6) is -0.265. The fourth-order valence-electron chi connectivity index (χ4n) is 2.77. The number of thiazole rings is 1. The Bertz CT molecular complexity index is 1170. The van der Waals surface area contributed by atoms with Crippen molar-refractivity contribution in [1.82, 2.24) is 14.5 Å². The highest BCUT2D eigenvalue weighted by Crippen LogP contribution is 2.28. The van der Waals surface area contributed by atoms with Crippen LogP contribution in [-0.2, 0) is 11.3 Å². The molecule has 0 unspecified atom stereocenters. The Morgan fingerprint density at radius 3 is 2.96 bits per heavy atom. The lowest BCUT2D eigenvalue weighted by Gasteiger charge is -2.03. The summed E-state index contributed by atoms with van der Waals surface area (Å²) in [7, 11) is 0. The lowest BCUT2D eigenvalue weighted by molar-refractivity contribution is 0.0526. The number of nitrogens with zero attached hydrogens (tertiary/aromatic N) is 3. The van der Waals surface area contributed by atoms with Crippen LogP contribution in [0.5, 0.6) is 0 Å². The van der Waals surface area contributed by atoms with Crippen LogP contribution in [0.1, 0.15) is 28.7 Å². The van der Waals surface area contributed by atoms with Crippen molar-refractivity contribution in [2.75, 3.05) is 6.61 Å². The molecule has 138 valence electrons. The van der Waals surface area contributed by atoms with E-state index in [0.717, 1.165) is 15.6 Å². The van der Waals surface area contributed by atoms with Gasteiger partial charge in [0, 0.05) is 5.38 Å². The molecular formula is C18H15N3O4S2. The molecule has 27 heavy (non-hydrogen) atoms. The lowest BCUT2D eigenvalue weighted by Crippen LogP contribution is -2.22. The second-order valence-electron chi connectivity index (χ2n) is 5.73. The Morgan fingerprint density at radius 1 is 1.37 bits per heavy atom. The molecule has 4 rings (SSSR count). The molecule has 0 radical (unpaired) electrons. The van der Waals surface area contributed by atoms with Gasteiger partial charge in [0.15, 0.2) is 0 Å². The number of hydrogen-bond acceptors (Lipinski definition) is 8. The van der Waals surface area contributed by atoms with Gasteiger partial charge in [0.2, 0.25) is 5.71 Å². The number of furan rings is 1. The SMILES string of the molecule is CCOC(=O)c1c(C)oc2ncn(Cc3csc(-c4cccs4)n3)c(=O)c12. The van der Waals surface area contributed by atoms with Gasteiger partial charge in [-0.1, -0.05) is 6.07 Å². The number of fused-ring (bicyclic) bond motifs is 1. The summed E-state index contributed by atoms with van der Waals surface area (Å²) < 4.78 is 11.9. The summed E-state index contributed by atoms with van der Waals surface area (Å²) in [6.45, 7) is 3.80. The fourth-order valence-corrected chi connectivity index (χ4v) is 4.39. The Kier molecular flexibility index (Phi) is 4.63. The molecule has 0 aromatic carbocycles. The first-order chi connectivity index (χ1) is 13.1. The van der Waals surface area contributed by atoms with Crippen molar-refractivity contribution < 1.29 is 13.9 Å². The summed E-state index contributed by atoms with van der Waals surface area (Å²) in [5.41, 5.74) is 0.667. The van der Waals surface area contributed by atoms with Gasteiger partial charge in [0.05, 0.1) is 23.7 Å². The minimum atomic E-state index is -0.584. The predicted octanol–water partition coefficient (Wildman–Crippen LogP) is 3.71. The molecule has 0 saturated heterocycles. The molecule has 0 bridgehead atoms. The molecule has 4 aromatic rings. The average molecular weight is 401 g/mol. The number of thiophene rings is 1. The van der Waals surface area contributed by atoms with Crippen LogP contribution in [0.15, 0.2) is 38.4 Å². The number of ether oxygens (including phenoxy) is 1. The zero-order chi connectivity index (χ0) is 19.0. The molecule has 0 aliphatic heterocycles. The Labute approximate surface area is 161 Å². The zero-order valence-corrected chi connectivity index (χ0v) is 16.2. The van der Waals surface area contributed by atoms with Crippen LogP contribution in [0.3, 0.4) is 0 Å².